The van der Waals surface area contributed by atoms with Gasteiger partial charge in [-0.05, 0) is 18.6 Å². The molecule has 1 aromatic rings. The third kappa shape index (κ3) is 6.37. The number of aromatic nitrogens is 1. The van der Waals surface area contributed by atoms with Gasteiger partial charge in [0.25, 0.3) is 0 Å². The summed E-state index contributed by atoms with van der Waals surface area (Å²) in [4.78, 5) is 22.7. The summed E-state index contributed by atoms with van der Waals surface area (Å²) in [6, 6.07) is 3.46. The fraction of sp³-hybridized carbons (Fsp3) is 0.364. The van der Waals surface area contributed by atoms with Crippen LogP contribution < -0.4 is 0 Å². The highest BCUT2D eigenvalue weighted by Gasteiger charge is 2.04. The summed E-state index contributed by atoms with van der Waals surface area (Å²) in [5.41, 5.74) is 1.37. The minimum absolute atomic E-state index is 0.345. The lowest BCUT2D eigenvalue weighted by molar-refractivity contribution is -0.0980. The minimum Gasteiger partial charge on any atom is -0.464 e. The molecular formula is C11H17NO3. The lowest BCUT2D eigenvalue weighted by atomic mass is 10.3. The second-order valence-electron chi connectivity index (χ2n) is 2.21. The Morgan fingerprint density at radius 3 is 2.20 bits per heavy atom. The van der Waals surface area contributed by atoms with Gasteiger partial charge in [0.2, 0.25) is 0 Å². The van der Waals surface area contributed by atoms with Crippen molar-refractivity contribution in [3.05, 3.63) is 29.6 Å². The van der Waals surface area contributed by atoms with Crippen LogP contribution in [0.3, 0.4) is 0 Å². The van der Waals surface area contributed by atoms with Gasteiger partial charge in [-0.25, -0.2) is 9.78 Å². The molecule has 0 aliphatic carbocycles. The highest BCUT2D eigenvalue weighted by Crippen LogP contribution is 1.99. The molecule has 0 fully saturated rings. The van der Waals surface area contributed by atoms with E-state index in [0.717, 1.165) is 5.56 Å². The van der Waals surface area contributed by atoms with Gasteiger partial charge in [-0.2, -0.15) is 0 Å². The van der Waals surface area contributed by atoms with Crippen LogP contribution in [0.5, 0.6) is 0 Å². The number of aryl methyl sites for hydroxylation is 1. The van der Waals surface area contributed by atoms with Crippen molar-refractivity contribution in [2.75, 3.05) is 7.11 Å². The van der Waals surface area contributed by atoms with Gasteiger partial charge in [-0.15, -0.1) is 0 Å². The fourth-order valence-corrected chi connectivity index (χ4v) is 0.693. The molecule has 0 saturated heterocycles. The topological polar surface area (TPSA) is 56.3 Å². The number of pyridine rings is 1. The number of nitrogens with zero attached hydrogens (tertiary/aromatic N) is 1. The van der Waals surface area contributed by atoms with E-state index in [4.69, 9.17) is 4.79 Å². The van der Waals surface area contributed by atoms with E-state index in [1.807, 2.05) is 33.6 Å². The molecular weight excluding hydrogens is 194 g/mol. The van der Waals surface area contributed by atoms with Crippen LogP contribution in [0, 0.1) is 6.92 Å². The number of ether oxygens (including phenoxy) is 1. The molecule has 0 radical (unpaired) electrons. The van der Waals surface area contributed by atoms with Crippen molar-refractivity contribution < 1.29 is 14.3 Å². The zero-order valence-electron chi connectivity index (χ0n) is 9.61. The smallest absolute Gasteiger partial charge is 0.356 e. The average molecular weight is 211 g/mol. The van der Waals surface area contributed by atoms with E-state index in [0.29, 0.717) is 5.69 Å². The van der Waals surface area contributed by atoms with Crippen LogP contribution in [0.25, 0.3) is 0 Å². The molecule has 0 unspecified atom stereocenters. The highest BCUT2D eigenvalue weighted by atomic mass is 16.5. The summed E-state index contributed by atoms with van der Waals surface area (Å²) in [6.45, 7) is 7.91. The minimum atomic E-state index is -0.398. The SMILES string of the molecule is C=O.CC.COC(=O)c1ccc(C)cn1. The first-order valence-corrected chi connectivity index (χ1v) is 4.54. The zero-order chi connectivity index (χ0) is 12.3. The number of rotatable bonds is 1. The third-order valence-electron chi connectivity index (χ3n) is 1.31. The van der Waals surface area contributed by atoms with Crippen LogP contribution in [-0.4, -0.2) is 24.9 Å². The molecule has 4 heteroatoms. The maximum Gasteiger partial charge on any atom is 0.356 e. The Morgan fingerprint density at radius 2 is 1.87 bits per heavy atom. The van der Waals surface area contributed by atoms with Crippen molar-refractivity contribution in [2.45, 2.75) is 20.8 Å². The second-order valence-corrected chi connectivity index (χ2v) is 2.21. The standard InChI is InChI=1S/C8H9NO2.C2H6.CH2O/c1-6-3-4-7(9-5-6)8(10)11-2;2*1-2/h3-5H,1-2H3;1-2H3;1H2. The van der Waals surface area contributed by atoms with E-state index in [1.54, 1.807) is 12.3 Å². The summed E-state index contributed by atoms with van der Waals surface area (Å²) >= 11 is 0. The molecule has 15 heavy (non-hydrogen) atoms. The van der Waals surface area contributed by atoms with Crippen LogP contribution in [0.1, 0.15) is 29.9 Å². The molecule has 4 nitrogen and oxygen atoms in total. The highest BCUT2D eigenvalue weighted by molar-refractivity contribution is 5.86. The Balaban J connectivity index is 0. The zero-order valence-corrected chi connectivity index (χ0v) is 9.61. The van der Waals surface area contributed by atoms with E-state index >= 15 is 0 Å². The third-order valence-corrected chi connectivity index (χ3v) is 1.31. The summed E-state index contributed by atoms with van der Waals surface area (Å²) in [6.07, 6.45) is 1.63. The maximum atomic E-state index is 10.8. The number of methoxy groups -OCH3 is 1. The number of hydrogen-bond donors (Lipinski definition) is 0. The molecule has 0 saturated carbocycles. The Morgan fingerprint density at radius 1 is 1.33 bits per heavy atom. The van der Waals surface area contributed by atoms with Crippen LogP contribution in [0.4, 0.5) is 0 Å². The van der Waals surface area contributed by atoms with Crippen LogP contribution in [0.15, 0.2) is 18.3 Å². The van der Waals surface area contributed by atoms with Crippen molar-refractivity contribution in [3.63, 3.8) is 0 Å². The monoisotopic (exact) mass is 211 g/mol. The molecule has 0 amide bonds. The van der Waals surface area contributed by atoms with Crippen molar-refractivity contribution in [1.29, 1.82) is 0 Å². The van der Waals surface area contributed by atoms with Crippen molar-refractivity contribution in [1.82, 2.24) is 4.98 Å². The first kappa shape index (κ1) is 15.7. The second kappa shape index (κ2) is 10.4. The molecule has 0 aromatic carbocycles. The van der Waals surface area contributed by atoms with E-state index in [9.17, 15) is 4.79 Å². The molecule has 1 aromatic heterocycles. The molecule has 0 aliphatic heterocycles. The Labute approximate surface area is 90.3 Å². The molecule has 1 rings (SSSR count). The summed E-state index contributed by atoms with van der Waals surface area (Å²) in [7, 11) is 1.34. The van der Waals surface area contributed by atoms with Gasteiger partial charge in [-0.1, -0.05) is 19.9 Å². The lowest BCUT2D eigenvalue weighted by Crippen LogP contribution is -2.03. The van der Waals surface area contributed by atoms with Gasteiger partial charge in [0.1, 0.15) is 12.5 Å². The van der Waals surface area contributed by atoms with Crippen LogP contribution in [0.2, 0.25) is 0 Å². The van der Waals surface area contributed by atoms with Gasteiger partial charge >= 0.3 is 5.97 Å². The van der Waals surface area contributed by atoms with Crippen molar-refractivity contribution >= 4 is 12.8 Å². The number of hydrogen-bond acceptors (Lipinski definition) is 4. The van der Waals surface area contributed by atoms with E-state index in [1.165, 1.54) is 7.11 Å². The van der Waals surface area contributed by atoms with Gasteiger partial charge in [0, 0.05) is 6.20 Å². The molecule has 1 heterocycles. The molecule has 0 bridgehead atoms. The summed E-state index contributed by atoms with van der Waals surface area (Å²) < 4.78 is 4.47. The number of carbonyl (C=O) groups is 2. The predicted molar refractivity (Wildman–Crippen MR) is 58.8 cm³/mol. The van der Waals surface area contributed by atoms with Gasteiger partial charge in [0.15, 0.2) is 0 Å². The first-order valence-electron chi connectivity index (χ1n) is 4.54. The Hall–Kier alpha value is -1.71. The molecule has 0 spiro atoms. The van der Waals surface area contributed by atoms with Crippen LogP contribution in [-0.2, 0) is 9.53 Å². The van der Waals surface area contributed by atoms with Crippen molar-refractivity contribution in [2.24, 2.45) is 0 Å². The fourth-order valence-electron chi connectivity index (χ4n) is 0.693. The predicted octanol–water partition coefficient (Wildman–Crippen LogP) is 2.02. The van der Waals surface area contributed by atoms with E-state index < -0.39 is 5.97 Å². The van der Waals surface area contributed by atoms with Gasteiger partial charge < -0.3 is 9.53 Å². The number of carbonyl (C=O) groups excluding carboxylic acids is 2. The van der Waals surface area contributed by atoms with Crippen molar-refractivity contribution in [3.8, 4) is 0 Å². The lowest BCUT2D eigenvalue weighted by Gasteiger charge is -1.96. The largest absolute Gasteiger partial charge is 0.464 e. The first-order chi connectivity index (χ1) is 7.24. The Bertz CT molecular complexity index is 270. The van der Waals surface area contributed by atoms with Gasteiger partial charge in [-0.3, -0.25) is 0 Å². The summed E-state index contributed by atoms with van der Waals surface area (Å²) in [5.74, 6) is -0.398. The molecule has 0 atom stereocenters. The van der Waals surface area contributed by atoms with Gasteiger partial charge in [0.05, 0.1) is 7.11 Å². The maximum absolute atomic E-state index is 10.8. The normalized spacial score (nSPS) is 7.47. The Kier molecular flexibility index (Phi) is 10.9. The van der Waals surface area contributed by atoms with Crippen LogP contribution >= 0.6 is 0 Å². The molecule has 0 N–H and O–H groups in total. The quantitative estimate of drug-likeness (QED) is 0.667. The average Bonchev–Trinajstić information content (AvgIpc) is 2.34. The molecule has 0 aliphatic rings. The number of esters is 1. The molecule has 84 valence electrons. The van der Waals surface area contributed by atoms with E-state index in [-0.39, 0.29) is 0 Å². The van der Waals surface area contributed by atoms with E-state index in [2.05, 4.69) is 9.72 Å². The summed E-state index contributed by atoms with van der Waals surface area (Å²) in [5, 5.41) is 0.